The monoisotopic (exact) mass is 345 g/mol. The van der Waals surface area contributed by atoms with E-state index in [1.165, 1.54) is 0 Å². The summed E-state index contributed by atoms with van der Waals surface area (Å²) in [4.78, 5) is 20.9. The molecule has 0 aliphatic heterocycles. The third-order valence-corrected chi connectivity index (χ3v) is 4.43. The molecule has 0 bridgehead atoms. The molecule has 1 heterocycles. The molecular weight excluding hydrogens is 337 g/mol. The Morgan fingerprint density at radius 3 is 2.52 bits per heavy atom. The van der Waals surface area contributed by atoms with E-state index in [9.17, 15) is 14.7 Å². The summed E-state index contributed by atoms with van der Waals surface area (Å²) in [5.41, 5.74) is 0.352. The summed E-state index contributed by atoms with van der Waals surface area (Å²) in [6, 6.07) is 8.26. The molecule has 2 rings (SSSR count). The van der Waals surface area contributed by atoms with Crippen molar-refractivity contribution in [1.82, 2.24) is 10.2 Å². The minimum Gasteiger partial charge on any atom is -0.479 e. The Morgan fingerprint density at radius 2 is 1.95 bits per heavy atom. The summed E-state index contributed by atoms with van der Waals surface area (Å²) >= 11 is 12.5. The van der Waals surface area contributed by atoms with Gasteiger partial charge < -0.3 is 5.11 Å². The third-order valence-electron chi connectivity index (χ3n) is 2.55. The van der Waals surface area contributed by atoms with Crippen molar-refractivity contribution < 1.29 is 14.7 Å². The molecule has 1 aromatic carbocycles. The number of nitrogens with zero attached hydrogens (tertiary/aromatic N) is 2. The number of hydrogen-bond acceptors (Lipinski definition) is 5. The summed E-state index contributed by atoms with van der Waals surface area (Å²) < 4.78 is 0. The van der Waals surface area contributed by atoms with Crippen LogP contribution in [0.1, 0.15) is 10.6 Å². The predicted octanol–water partition coefficient (Wildman–Crippen LogP) is 2.28. The quantitative estimate of drug-likeness (QED) is 0.811. The van der Waals surface area contributed by atoms with Gasteiger partial charge in [0.2, 0.25) is 15.9 Å². The Morgan fingerprint density at radius 1 is 1.29 bits per heavy atom. The lowest BCUT2D eigenvalue weighted by atomic mass is 9.99. The Bertz CT molecular complexity index is 665. The zero-order valence-corrected chi connectivity index (χ0v) is 12.7. The van der Waals surface area contributed by atoms with Crippen LogP contribution in [0, 0.1) is 0 Å². The Balaban J connectivity index is 2.40. The summed E-state index contributed by atoms with van der Waals surface area (Å²) in [6.45, 7) is 0. The highest BCUT2D eigenvalue weighted by molar-refractivity contribution is 7.16. The van der Waals surface area contributed by atoms with Crippen LogP contribution in [0.4, 0.5) is 5.13 Å². The average molecular weight is 346 g/mol. The maximum Gasteiger partial charge on any atom is 0.336 e. The molecule has 1 unspecified atom stereocenters. The maximum atomic E-state index is 11.6. The van der Waals surface area contributed by atoms with Crippen molar-refractivity contribution in [1.29, 1.82) is 0 Å². The lowest BCUT2D eigenvalue weighted by Gasteiger charge is -2.19. The van der Waals surface area contributed by atoms with E-state index in [1.807, 2.05) is 0 Å². The fraction of sp³-hybridized carbons (Fsp3) is 0.167. The zero-order chi connectivity index (χ0) is 15.5. The number of rotatable bonds is 5. The molecule has 0 fully saturated rings. The van der Waals surface area contributed by atoms with Gasteiger partial charge in [-0.15, -0.1) is 21.8 Å². The lowest BCUT2D eigenvalue weighted by Crippen LogP contribution is -2.30. The van der Waals surface area contributed by atoms with Crippen molar-refractivity contribution in [2.45, 2.75) is 4.87 Å². The molecule has 9 heteroatoms. The first-order valence-corrected chi connectivity index (χ1v) is 7.39. The largest absolute Gasteiger partial charge is 0.479 e. The van der Waals surface area contributed by atoms with Crippen molar-refractivity contribution in [3.8, 4) is 0 Å². The molecule has 0 spiro atoms. The number of carboxylic acid groups (broad SMARTS) is 1. The third kappa shape index (κ3) is 3.15. The van der Waals surface area contributed by atoms with Crippen LogP contribution in [0.15, 0.2) is 30.3 Å². The standard InChI is InChI=1S/C12H9Cl2N3O3S/c13-6-8(18)15-11-17-16-9(21-11)12(14,10(19)20)7-4-2-1-3-5-7/h1-5H,6H2,(H,19,20)(H,15,17,18). The van der Waals surface area contributed by atoms with Crippen LogP contribution in [-0.2, 0) is 14.5 Å². The molecule has 2 N–H and O–H groups in total. The second-order valence-electron chi connectivity index (χ2n) is 3.92. The van der Waals surface area contributed by atoms with Crippen molar-refractivity contribution >= 4 is 51.5 Å². The molecule has 0 aliphatic carbocycles. The van der Waals surface area contributed by atoms with Crippen LogP contribution in [-0.4, -0.2) is 33.1 Å². The van der Waals surface area contributed by atoms with E-state index in [1.54, 1.807) is 30.3 Å². The smallest absolute Gasteiger partial charge is 0.336 e. The van der Waals surface area contributed by atoms with Gasteiger partial charge in [0.25, 0.3) is 0 Å². The van der Waals surface area contributed by atoms with Crippen molar-refractivity contribution in [3.05, 3.63) is 40.9 Å². The summed E-state index contributed by atoms with van der Waals surface area (Å²) in [6.07, 6.45) is 0. The second kappa shape index (κ2) is 6.38. The number of carbonyl (C=O) groups excluding carboxylic acids is 1. The fourth-order valence-corrected chi connectivity index (χ4v) is 2.78. The topological polar surface area (TPSA) is 92.2 Å². The zero-order valence-electron chi connectivity index (χ0n) is 10.4. The van der Waals surface area contributed by atoms with Gasteiger partial charge in [-0.1, -0.05) is 53.3 Å². The molecule has 0 radical (unpaired) electrons. The summed E-state index contributed by atoms with van der Waals surface area (Å²) in [5.74, 6) is -1.98. The molecule has 1 amide bonds. The lowest BCUT2D eigenvalue weighted by molar-refractivity contribution is -0.139. The first kappa shape index (κ1) is 15.7. The van der Waals surface area contributed by atoms with Gasteiger partial charge in [-0.2, -0.15) is 0 Å². The minimum absolute atomic E-state index is 0.0488. The minimum atomic E-state index is -1.86. The van der Waals surface area contributed by atoms with Crippen molar-refractivity contribution in [2.24, 2.45) is 0 Å². The van der Waals surface area contributed by atoms with Gasteiger partial charge in [0, 0.05) is 0 Å². The second-order valence-corrected chi connectivity index (χ2v) is 5.74. The number of benzene rings is 1. The number of halogens is 2. The number of amides is 1. The van der Waals surface area contributed by atoms with Crippen LogP contribution >= 0.6 is 34.5 Å². The average Bonchev–Trinajstić information content (AvgIpc) is 2.95. The van der Waals surface area contributed by atoms with Gasteiger partial charge in [0.15, 0.2) is 5.01 Å². The van der Waals surface area contributed by atoms with Gasteiger partial charge in [0.1, 0.15) is 5.88 Å². The van der Waals surface area contributed by atoms with Crippen molar-refractivity contribution in [2.75, 3.05) is 11.2 Å². The molecule has 0 saturated heterocycles. The number of nitrogens with one attached hydrogen (secondary N) is 1. The Hall–Kier alpha value is -1.70. The number of aliphatic carboxylic acids is 1. The van der Waals surface area contributed by atoms with Gasteiger partial charge in [0.05, 0.1) is 0 Å². The van der Waals surface area contributed by atoms with E-state index in [0.29, 0.717) is 5.56 Å². The van der Waals surface area contributed by atoms with Crippen LogP contribution < -0.4 is 5.32 Å². The molecule has 0 aliphatic rings. The summed E-state index contributed by atoms with van der Waals surface area (Å²) in [7, 11) is 0. The molecule has 110 valence electrons. The molecular formula is C12H9Cl2N3O3S. The van der Waals surface area contributed by atoms with Gasteiger partial charge in [-0.25, -0.2) is 4.79 Å². The molecule has 21 heavy (non-hydrogen) atoms. The number of anilines is 1. The highest BCUT2D eigenvalue weighted by Crippen LogP contribution is 2.39. The molecule has 1 atom stereocenters. The molecule has 6 nitrogen and oxygen atoms in total. The van der Waals surface area contributed by atoms with E-state index >= 15 is 0 Å². The Kier molecular flexibility index (Phi) is 4.76. The molecule has 2 aromatic rings. The van der Waals surface area contributed by atoms with Crippen LogP contribution in [0.3, 0.4) is 0 Å². The van der Waals surface area contributed by atoms with E-state index in [4.69, 9.17) is 23.2 Å². The fourth-order valence-electron chi connectivity index (χ4n) is 1.57. The first-order chi connectivity index (χ1) is 9.98. The number of aromatic nitrogens is 2. The van der Waals surface area contributed by atoms with E-state index in [0.717, 1.165) is 11.3 Å². The van der Waals surface area contributed by atoms with Gasteiger partial charge in [-0.3, -0.25) is 10.1 Å². The molecule has 0 saturated carbocycles. The highest BCUT2D eigenvalue weighted by atomic mass is 35.5. The number of hydrogen-bond donors (Lipinski definition) is 2. The van der Waals surface area contributed by atoms with E-state index < -0.39 is 16.8 Å². The Labute approximate surface area is 133 Å². The van der Waals surface area contributed by atoms with E-state index in [-0.39, 0.29) is 16.0 Å². The predicted molar refractivity (Wildman–Crippen MR) is 80.0 cm³/mol. The number of carboxylic acids is 1. The highest BCUT2D eigenvalue weighted by Gasteiger charge is 2.44. The van der Waals surface area contributed by atoms with Crippen LogP contribution in [0.2, 0.25) is 0 Å². The number of alkyl halides is 2. The normalized spacial score (nSPS) is 13.4. The van der Waals surface area contributed by atoms with Crippen molar-refractivity contribution in [3.63, 3.8) is 0 Å². The van der Waals surface area contributed by atoms with Crippen LogP contribution in [0.25, 0.3) is 0 Å². The maximum absolute atomic E-state index is 11.6. The van der Waals surface area contributed by atoms with E-state index in [2.05, 4.69) is 15.5 Å². The van der Waals surface area contributed by atoms with Gasteiger partial charge in [-0.05, 0) is 5.56 Å². The summed E-state index contributed by atoms with van der Waals surface area (Å²) in [5, 5.41) is 19.5. The molecule has 1 aromatic heterocycles. The first-order valence-electron chi connectivity index (χ1n) is 5.66. The van der Waals surface area contributed by atoms with Gasteiger partial charge >= 0.3 is 5.97 Å². The number of carbonyl (C=O) groups is 2. The SMILES string of the molecule is O=C(CCl)Nc1nnc(C(Cl)(C(=O)O)c2ccccc2)s1. The van der Waals surface area contributed by atoms with Crippen LogP contribution in [0.5, 0.6) is 0 Å².